The van der Waals surface area contributed by atoms with Crippen LogP contribution >= 0.6 is 0 Å². The molecule has 0 aliphatic carbocycles. The number of benzene rings is 2. The van der Waals surface area contributed by atoms with Crippen LogP contribution in [0.15, 0.2) is 18.2 Å². The first kappa shape index (κ1) is 13.6. The monoisotopic (exact) mass is 259 g/mol. The van der Waals surface area contributed by atoms with Crippen LogP contribution in [0.5, 0.6) is 0 Å². The molecule has 0 aromatic heterocycles. The number of rotatable bonds is 2. The Hall–Kier alpha value is -2.83. The maximum Gasteiger partial charge on any atom is 0.102 e. The van der Waals surface area contributed by atoms with Gasteiger partial charge < -0.3 is 0 Å². The van der Waals surface area contributed by atoms with Crippen LogP contribution in [0.3, 0.4) is 0 Å². The van der Waals surface area contributed by atoms with Crippen molar-refractivity contribution in [2.45, 2.75) is 26.7 Å². The van der Waals surface area contributed by atoms with E-state index in [9.17, 15) is 15.8 Å². The predicted octanol–water partition coefficient (Wildman–Crippen LogP) is 3.58. The minimum Gasteiger partial charge on any atom is -0.192 e. The van der Waals surface area contributed by atoms with Gasteiger partial charge in [0, 0.05) is 5.39 Å². The molecule has 20 heavy (non-hydrogen) atoms. The molecule has 0 saturated heterocycles. The van der Waals surface area contributed by atoms with E-state index in [2.05, 4.69) is 12.1 Å². The smallest absolute Gasteiger partial charge is 0.102 e. The number of hydrogen-bond donors (Lipinski definition) is 0. The fourth-order valence-electron chi connectivity index (χ4n) is 2.70. The standard InChI is InChI=1S/C17H13N3/c1-3-11-6-5-7-13-15(9-19)16(10-20)14(8-18)12(4-2)17(11)13/h5-7H,3-4H2,1-2H3. The van der Waals surface area contributed by atoms with Gasteiger partial charge in [-0.1, -0.05) is 32.0 Å². The highest BCUT2D eigenvalue weighted by molar-refractivity contribution is 5.97. The molecule has 0 aliphatic heterocycles. The van der Waals surface area contributed by atoms with E-state index < -0.39 is 0 Å². The van der Waals surface area contributed by atoms with E-state index in [1.54, 1.807) is 0 Å². The van der Waals surface area contributed by atoms with E-state index in [4.69, 9.17) is 0 Å². The van der Waals surface area contributed by atoms with E-state index in [0.717, 1.165) is 28.3 Å². The van der Waals surface area contributed by atoms with Gasteiger partial charge in [0.25, 0.3) is 0 Å². The van der Waals surface area contributed by atoms with Crippen molar-refractivity contribution in [1.82, 2.24) is 0 Å². The molecule has 0 spiro atoms. The Morgan fingerprint density at radius 1 is 0.850 bits per heavy atom. The highest BCUT2D eigenvalue weighted by atomic mass is 14.3. The van der Waals surface area contributed by atoms with Crippen LogP contribution in [0.1, 0.15) is 41.7 Å². The third-order valence-electron chi connectivity index (χ3n) is 3.59. The van der Waals surface area contributed by atoms with E-state index in [1.165, 1.54) is 0 Å². The second-order valence-electron chi connectivity index (χ2n) is 4.49. The van der Waals surface area contributed by atoms with Crippen LogP contribution in [0.2, 0.25) is 0 Å². The Bertz CT molecular complexity index is 811. The van der Waals surface area contributed by atoms with Crippen molar-refractivity contribution in [2.24, 2.45) is 0 Å². The zero-order valence-corrected chi connectivity index (χ0v) is 11.5. The van der Waals surface area contributed by atoms with E-state index >= 15 is 0 Å². The van der Waals surface area contributed by atoms with Gasteiger partial charge in [0.1, 0.15) is 18.2 Å². The molecular weight excluding hydrogens is 246 g/mol. The highest BCUT2D eigenvalue weighted by Gasteiger charge is 2.19. The van der Waals surface area contributed by atoms with E-state index in [0.29, 0.717) is 17.5 Å². The molecular formula is C17H13N3. The summed E-state index contributed by atoms with van der Waals surface area (Å²) in [6.45, 7) is 4.01. The number of nitriles is 3. The average Bonchev–Trinajstić information content (AvgIpc) is 2.51. The van der Waals surface area contributed by atoms with Gasteiger partial charge >= 0.3 is 0 Å². The van der Waals surface area contributed by atoms with Crippen molar-refractivity contribution in [3.05, 3.63) is 46.0 Å². The first-order chi connectivity index (χ1) is 9.73. The fourth-order valence-corrected chi connectivity index (χ4v) is 2.70. The normalized spacial score (nSPS) is 9.75. The summed E-state index contributed by atoms with van der Waals surface area (Å²) in [5, 5.41) is 29.8. The van der Waals surface area contributed by atoms with Gasteiger partial charge in [0.05, 0.1) is 16.7 Å². The van der Waals surface area contributed by atoms with Gasteiger partial charge in [-0.25, -0.2) is 0 Å². The van der Waals surface area contributed by atoms with Gasteiger partial charge in [0.2, 0.25) is 0 Å². The second-order valence-corrected chi connectivity index (χ2v) is 4.49. The zero-order chi connectivity index (χ0) is 14.7. The molecule has 0 aliphatic rings. The molecule has 96 valence electrons. The molecule has 0 unspecified atom stereocenters. The Kier molecular flexibility index (Phi) is 3.69. The first-order valence-corrected chi connectivity index (χ1v) is 6.54. The summed E-state index contributed by atoms with van der Waals surface area (Å²) < 4.78 is 0. The SMILES string of the molecule is CCc1cccc2c(C#N)c(C#N)c(C#N)c(CC)c12. The summed E-state index contributed by atoms with van der Waals surface area (Å²) in [7, 11) is 0. The minimum absolute atomic E-state index is 0.201. The van der Waals surface area contributed by atoms with E-state index in [-0.39, 0.29) is 5.56 Å². The lowest BCUT2D eigenvalue weighted by molar-refractivity contribution is 1.11. The molecule has 2 aromatic rings. The van der Waals surface area contributed by atoms with Crippen LogP contribution in [-0.4, -0.2) is 0 Å². The predicted molar refractivity (Wildman–Crippen MR) is 76.8 cm³/mol. The molecule has 0 N–H and O–H groups in total. The zero-order valence-electron chi connectivity index (χ0n) is 11.5. The Morgan fingerprint density at radius 2 is 1.50 bits per heavy atom. The molecule has 0 amide bonds. The molecule has 3 nitrogen and oxygen atoms in total. The summed E-state index contributed by atoms with van der Waals surface area (Å²) in [4.78, 5) is 0. The second kappa shape index (κ2) is 5.43. The molecule has 0 heterocycles. The number of fused-ring (bicyclic) bond motifs is 1. The topological polar surface area (TPSA) is 71.4 Å². The maximum atomic E-state index is 9.39. The number of nitrogens with zero attached hydrogens (tertiary/aromatic N) is 3. The first-order valence-electron chi connectivity index (χ1n) is 6.54. The van der Waals surface area contributed by atoms with Crippen molar-refractivity contribution in [2.75, 3.05) is 0 Å². The minimum atomic E-state index is 0.201. The molecule has 0 saturated carbocycles. The molecule has 3 heteroatoms. The van der Waals surface area contributed by atoms with Crippen LogP contribution in [0.25, 0.3) is 10.8 Å². The van der Waals surface area contributed by atoms with Crippen molar-refractivity contribution in [1.29, 1.82) is 15.8 Å². The van der Waals surface area contributed by atoms with E-state index in [1.807, 2.05) is 38.1 Å². The fraction of sp³-hybridized carbons (Fsp3) is 0.235. The van der Waals surface area contributed by atoms with Crippen molar-refractivity contribution >= 4 is 10.8 Å². The molecule has 2 rings (SSSR count). The Balaban J connectivity index is 3.18. The summed E-state index contributed by atoms with van der Waals surface area (Å²) in [5.41, 5.74) is 2.84. The Morgan fingerprint density at radius 3 is 2.00 bits per heavy atom. The lowest BCUT2D eigenvalue weighted by Gasteiger charge is -2.14. The largest absolute Gasteiger partial charge is 0.192 e. The molecule has 0 radical (unpaired) electrons. The summed E-state index contributed by atoms with van der Waals surface area (Å²) >= 11 is 0. The van der Waals surface area contributed by atoms with Gasteiger partial charge in [-0.3, -0.25) is 0 Å². The van der Waals surface area contributed by atoms with Gasteiger partial charge in [-0.2, -0.15) is 15.8 Å². The van der Waals surface area contributed by atoms with Crippen molar-refractivity contribution in [3.8, 4) is 18.2 Å². The van der Waals surface area contributed by atoms with Crippen molar-refractivity contribution < 1.29 is 0 Å². The quantitative estimate of drug-likeness (QED) is 0.827. The van der Waals surface area contributed by atoms with Gasteiger partial charge in [-0.15, -0.1) is 0 Å². The summed E-state index contributed by atoms with van der Waals surface area (Å²) in [6.07, 6.45) is 1.49. The molecule has 2 aromatic carbocycles. The van der Waals surface area contributed by atoms with Crippen LogP contribution < -0.4 is 0 Å². The average molecular weight is 259 g/mol. The van der Waals surface area contributed by atoms with Crippen LogP contribution in [-0.2, 0) is 12.8 Å². The highest BCUT2D eigenvalue weighted by Crippen LogP contribution is 2.32. The van der Waals surface area contributed by atoms with Crippen molar-refractivity contribution in [3.63, 3.8) is 0 Å². The van der Waals surface area contributed by atoms with Crippen LogP contribution in [0.4, 0.5) is 0 Å². The molecule has 0 atom stereocenters. The Labute approximate surface area is 118 Å². The molecule has 0 fully saturated rings. The third-order valence-corrected chi connectivity index (χ3v) is 3.59. The van der Waals surface area contributed by atoms with Crippen LogP contribution in [0, 0.1) is 34.0 Å². The number of aryl methyl sites for hydroxylation is 2. The lowest BCUT2D eigenvalue weighted by Crippen LogP contribution is -2.01. The third kappa shape index (κ3) is 1.80. The summed E-state index contributed by atoms with van der Waals surface area (Å²) in [5.74, 6) is 0. The summed E-state index contributed by atoms with van der Waals surface area (Å²) in [6, 6.07) is 12.0. The van der Waals surface area contributed by atoms with Gasteiger partial charge in [-0.05, 0) is 29.4 Å². The maximum absolute atomic E-state index is 9.39. The van der Waals surface area contributed by atoms with Gasteiger partial charge in [0.15, 0.2) is 0 Å². The lowest BCUT2D eigenvalue weighted by atomic mass is 9.86. The number of hydrogen-bond acceptors (Lipinski definition) is 3. The molecule has 0 bridgehead atoms.